The number of nitrogens with zero attached hydrogens (tertiary/aromatic N) is 5. The molecule has 4 aromatic rings. The van der Waals surface area contributed by atoms with Gasteiger partial charge in [-0.05, 0) is 41.6 Å². The van der Waals surface area contributed by atoms with E-state index in [0.29, 0.717) is 18.1 Å². The molecule has 0 saturated carbocycles. The maximum Gasteiger partial charge on any atom is 0.248 e. The molecule has 0 aliphatic carbocycles. The number of para-hydroxylation sites is 1. The number of aryl methyl sites for hydroxylation is 1. The van der Waals surface area contributed by atoms with E-state index < -0.39 is 0 Å². The van der Waals surface area contributed by atoms with Gasteiger partial charge in [-0.2, -0.15) is 0 Å². The first kappa shape index (κ1) is 17.5. The number of tetrazole rings is 1. The Morgan fingerprint density at radius 2 is 2.00 bits per heavy atom. The fourth-order valence-electron chi connectivity index (χ4n) is 2.97. The first-order valence-corrected chi connectivity index (χ1v) is 8.94. The molecule has 28 heavy (non-hydrogen) atoms. The van der Waals surface area contributed by atoms with E-state index in [1.165, 1.54) is 6.08 Å². The molecule has 0 fully saturated rings. The second kappa shape index (κ2) is 7.79. The molecule has 7 heteroatoms. The number of pyridine rings is 1. The molecule has 0 aliphatic heterocycles. The summed E-state index contributed by atoms with van der Waals surface area (Å²) in [6.07, 6.45) is 5.02. The average Bonchev–Trinajstić information content (AvgIpc) is 3.21. The predicted octanol–water partition coefficient (Wildman–Crippen LogP) is 3.56. The van der Waals surface area contributed by atoms with E-state index >= 15 is 0 Å². The van der Waals surface area contributed by atoms with Crippen molar-refractivity contribution in [2.24, 2.45) is 0 Å². The normalized spacial score (nSPS) is 11.2. The molecule has 0 unspecified atom stereocenters. The fraction of sp³-hybridized carbons (Fsp3) is 0.0952. The number of nitrogens with one attached hydrogen (secondary N) is 1. The van der Waals surface area contributed by atoms with Gasteiger partial charge in [-0.1, -0.05) is 36.4 Å². The number of benzene rings is 2. The van der Waals surface area contributed by atoms with Gasteiger partial charge in [-0.3, -0.25) is 9.78 Å². The van der Waals surface area contributed by atoms with Gasteiger partial charge in [0.1, 0.15) is 0 Å². The second-order valence-corrected chi connectivity index (χ2v) is 6.14. The van der Waals surface area contributed by atoms with Crippen LogP contribution in [-0.2, 0) is 11.3 Å². The summed E-state index contributed by atoms with van der Waals surface area (Å²) in [5, 5.41) is 15.6. The molecule has 7 nitrogen and oxygen atoms in total. The van der Waals surface area contributed by atoms with Gasteiger partial charge in [0.05, 0.1) is 5.52 Å². The number of amides is 1. The number of hydrogen-bond donors (Lipinski definition) is 1. The largest absolute Gasteiger partial charge is 0.322 e. The zero-order valence-electron chi connectivity index (χ0n) is 15.3. The Morgan fingerprint density at radius 3 is 2.89 bits per heavy atom. The summed E-state index contributed by atoms with van der Waals surface area (Å²) < 4.78 is 1.70. The zero-order chi connectivity index (χ0) is 19.3. The van der Waals surface area contributed by atoms with Crippen molar-refractivity contribution < 1.29 is 4.79 Å². The van der Waals surface area contributed by atoms with E-state index in [9.17, 15) is 4.79 Å². The van der Waals surface area contributed by atoms with Crippen LogP contribution in [0.15, 0.2) is 66.9 Å². The van der Waals surface area contributed by atoms with E-state index in [-0.39, 0.29) is 5.91 Å². The van der Waals surface area contributed by atoms with Crippen LogP contribution < -0.4 is 5.32 Å². The molecule has 1 N–H and O–H groups in total. The predicted molar refractivity (Wildman–Crippen MR) is 108 cm³/mol. The highest BCUT2D eigenvalue weighted by Crippen LogP contribution is 2.21. The molecule has 0 radical (unpaired) electrons. The van der Waals surface area contributed by atoms with Crippen molar-refractivity contribution >= 4 is 28.6 Å². The number of rotatable bonds is 5. The number of carbonyl (C=O) groups is 1. The Labute approximate surface area is 161 Å². The highest BCUT2D eigenvalue weighted by Gasteiger charge is 2.08. The lowest BCUT2D eigenvalue weighted by molar-refractivity contribution is -0.111. The van der Waals surface area contributed by atoms with Crippen molar-refractivity contribution in [2.75, 3.05) is 5.32 Å². The Hall–Kier alpha value is -3.87. The van der Waals surface area contributed by atoms with E-state index in [1.54, 1.807) is 17.0 Å². The number of carbonyl (C=O) groups excluding carboxylic acids is 1. The maximum absolute atomic E-state index is 12.4. The van der Waals surface area contributed by atoms with Crippen molar-refractivity contribution in [1.29, 1.82) is 0 Å². The monoisotopic (exact) mass is 370 g/mol. The summed E-state index contributed by atoms with van der Waals surface area (Å²) in [4.78, 5) is 16.8. The number of fused-ring (bicyclic) bond motifs is 1. The lowest BCUT2D eigenvalue weighted by Gasteiger charge is -2.06. The number of anilines is 1. The molecule has 0 saturated heterocycles. The standard InChI is InChI=1S/C21H18N6O/c1-2-27-21(24-25-26-27)17-8-4-10-18(14-17)23-19(28)12-11-16-7-3-6-15-9-5-13-22-20(15)16/h3-14H,2H2,1H3,(H,23,28)/b12-11+. The van der Waals surface area contributed by atoms with Crippen LogP contribution in [0, 0.1) is 0 Å². The SMILES string of the molecule is CCn1nnnc1-c1cccc(NC(=O)/C=C/c2cccc3cccnc23)c1. The van der Waals surface area contributed by atoms with Crippen LogP contribution in [0.5, 0.6) is 0 Å². The molecule has 0 bridgehead atoms. The van der Waals surface area contributed by atoms with Crippen LogP contribution in [0.1, 0.15) is 12.5 Å². The summed E-state index contributed by atoms with van der Waals surface area (Å²) in [7, 11) is 0. The minimum Gasteiger partial charge on any atom is -0.322 e. The van der Waals surface area contributed by atoms with Crippen molar-refractivity contribution in [3.8, 4) is 11.4 Å². The van der Waals surface area contributed by atoms with Crippen LogP contribution in [0.2, 0.25) is 0 Å². The Bertz CT molecular complexity index is 1160. The first-order valence-electron chi connectivity index (χ1n) is 8.94. The Balaban J connectivity index is 1.52. The van der Waals surface area contributed by atoms with Gasteiger partial charge in [-0.15, -0.1) is 5.10 Å². The molecule has 2 heterocycles. The second-order valence-electron chi connectivity index (χ2n) is 6.14. The summed E-state index contributed by atoms with van der Waals surface area (Å²) in [6.45, 7) is 2.64. The van der Waals surface area contributed by atoms with Crippen LogP contribution in [0.4, 0.5) is 5.69 Å². The molecule has 0 aliphatic rings. The number of aromatic nitrogens is 5. The molecule has 1 amide bonds. The third kappa shape index (κ3) is 3.64. The van der Waals surface area contributed by atoms with Crippen molar-refractivity contribution in [1.82, 2.24) is 25.2 Å². The van der Waals surface area contributed by atoms with Crippen molar-refractivity contribution in [3.05, 3.63) is 72.4 Å². The van der Waals surface area contributed by atoms with Gasteiger partial charge in [-0.25, -0.2) is 4.68 Å². The maximum atomic E-state index is 12.4. The van der Waals surface area contributed by atoms with Gasteiger partial charge in [0, 0.05) is 41.0 Å². The quantitative estimate of drug-likeness (QED) is 0.543. The van der Waals surface area contributed by atoms with Crippen molar-refractivity contribution in [2.45, 2.75) is 13.5 Å². The summed E-state index contributed by atoms with van der Waals surface area (Å²) >= 11 is 0. The topological polar surface area (TPSA) is 85.6 Å². The molecule has 0 spiro atoms. The van der Waals surface area contributed by atoms with Crippen LogP contribution in [0.25, 0.3) is 28.4 Å². The number of hydrogen-bond acceptors (Lipinski definition) is 5. The van der Waals surface area contributed by atoms with Gasteiger partial charge >= 0.3 is 0 Å². The van der Waals surface area contributed by atoms with Gasteiger partial charge in [0.15, 0.2) is 5.82 Å². The molecular weight excluding hydrogens is 352 g/mol. The minimum atomic E-state index is -0.222. The minimum absolute atomic E-state index is 0.222. The van der Waals surface area contributed by atoms with Crippen LogP contribution in [0.3, 0.4) is 0 Å². The van der Waals surface area contributed by atoms with Crippen LogP contribution >= 0.6 is 0 Å². The third-order valence-corrected chi connectivity index (χ3v) is 4.30. The molecule has 4 rings (SSSR count). The fourth-order valence-corrected chi connectivity index (χ4v) is 2.97. The van der Waals surface area contributed by atoms with Crippen LogP contribution in [-0.4, -0.2) is 31.1 Å². The van der Waals surface area contributed by atoms with Gasteiger partial charge in [0.2, 0.25) is 5.91 Å². The third-order valence-electron chi connectivity index (χ3n) is 4.30. The molecule has 138 valence electrons. The lowest BCUT2D eigenvalue weighted by Crippen LogP contribution is -2.08. The van der Waals surface area contributed by atoms with Gasteiger partial charge < -0.3 is 5.32 Å². The molecule has 0 atom stereocenters. The first-order chi connectivity index (χ1) is 13.7. The Kier molecular flexibility index (Phi) is 4.88. The average molecular weight is 370 g/mol. The zero-order valence-corrected chi connectivity index (χ0v) is 15.3. The van der Waals surface area contributed by atoms with E-state index in [4.69, 9.17) is 0 Å². The van der Waals surface area contributed by atoms with E-state index in [0.717, 1.165) is 22.0 Å². The molecule has 2 aromatic carbocycles. The molecular formula is C21H18N6O. The highest BCUT2D eigenvalue weighted by molar-refractivity contribution is 6.03. The molecule has 2 aromatic heterocycles. The van der Waals surface area contributed by atoms with Gasteiger partial charge in [0.25, 0.3) is 0 Å². The summed E-state index contributed by atoms with van der Waals surface area (Å²) in [5.74, 6) is 0.441. The highest BCUT2D eigenvalue weighted by atomic mass is 16.1. The van der Waals surface area contributed by atoms with Crippen molar-refractivity contribution in [3.63, 3.8) is 0 Å². The Morgan fingerprint density at radius 1 is 1.14 bits per heavy atom. The lowest BCUT2D eigenvalue weighted by atomic mass is 10.1. The van der Waals surface area contributed by atoms with E-state index in [2.05, 4.69) is 25.8 Å². The van der Waals surface area contributed by atoms with E-state index in [1.807, 2.05) is 61.5 Å². The summed E-state index contributed by atoms with van der Waals surface area (Å²) in [6, 6.07) is 17.2. The summed E-state index contributed by atoms with van der Waals surface area (Å²) in [5.41, 5.74) is 3.27. The smallest absolute Gasteiger partial charge is 0.248 e.